The number of hydrogen-bond donors (Lipinski definition) is 0. The van der Waals surface area contributed by atoms with Crippen LogP contribution in [0.15, 0.2) is 29.2 Å². The van der Waals surface area contributed by atoms with Gasteiger partial charge in [0.05, 0.1) is 7.11 Å². The predicted octanol–water partition coefficient (Wildman–Crippen LogP) is 1.96. The van der Waals surface area contributed by atoms with E-state index in [1.54, 1.807) is 29.2 Å². The molecule has 0 aromatic heterocycles. The zero-order valence-electron chi connectivity index (χ0n) is 14.6. The van der Waals surface area contributed by atoms with Crippen molar-refractivity contribution in [2.75, 3.05) is 33.3 Å². The van der Waals surface area contributed by atoms with Gasteiger partial charge in [0, 0.05) is 32.6 Å². The number of rotatable bonds is 5. The highest BCUT2D eigenvalue weighted by Crippen LogP contribution is 2.27. The summed E-state index contributed by atoms with van der Waals surface area (Å²) in [5.41, 5.74) is 0. The maximum absolute atomic E-state index is 12.9. The number of carbonyl (C=O) groups is 1. The summed E-state index contributed by atoms with van der Waals surface area (Å²) in [5.74, 6) is 0.741. The van der Waals surface area contributed by atoms with Gasteiger partial charge in [0.15, 0.2) is 0 Å². The average molecular weight is 354 g/mol. The Balaban J connectivity index is 2.14. The fourth-order valence-electron chi connectivity index (χ4n) is 2.83. The number of benzene rings is 1. The molecule has 0 spiro atoms. The van der Waals surface area contributed by atoms with Crippen LogP contribution >= 0.6 is 0 Å². The third kappa shape index (κ3) is 4.27. The summed E-state index contributed by atoms with van der Waals surface area (Å²) in [4.78, 5) is 14.2. The lowest BCUT2D eigenvalue weighted by atomic mass is 10.1. The molecule has 6 nitrogen and oxygen atoms in total. The number of methoxy groups -OCH3 is 1. The highest BCUT2D eigenvalue weighted by Gasteiger charge is 2.30. The van der Waals surface area contributed by atoms with Crippen molar-refractivity contribution in [1.82, 2.24) is 9.21 Å². The van der Waals surface area contributed by atoms with Gasteiger partial charge in [0.25, 0.3) is 0 Å². The van der Waals surface area contributed by atoms with Gasteiger partial charge in [0.2, 0.25) is 15.9 Å². The van der Waals surface area contributed by atoms with Crippen LogP contribution in [-0.2, 0) is 14.8 Å². The number of hydrogen-bond acceptors (Lipinski definition) is 4. The summed E-state index contributed by atoms with van der Waals surface area (Å²) in [7, 11) is -2.17. The standard InChI is InChI=1S/C17H26N2O4S/c1-14(2)13-17(20)18-9-6-10-19(12-11-18)24(21,22)16-8-5-4-7-15(16)23-3/h4-5,7-8,14H,6,9-13H2,1-3H3. The monoisotopic (exact) mass is 354 g/mol. The molecule has 0 N–H and O–H groups in total. The van der Waals surface area contributed by atoms with Crippen molar-refractivity contribution in [3.63, 3.8) is 0 Å². The first-order chi connectivity index (χ1) is 11.4. The molecule has 0 atom stereocenters. The smallest absolute Gasteiger partial charge is 0.246 e. The second-order valence-electron chi connectivity index (χ2n) is 6.39. The molecule has 134 valence electrons. The maximum atomic E-state index is 12.9. The van der Waals surface area contributed by atoms with Crippen LogP contribution in [-0.4, -0.2) is 56.8 Å². The van der Waals surface area contributed by atoms with Crippen LogP contribution in [0.5, 0.6) is 5.75 Å². The molecule has 0 radical (unpaired) electrons. The van der Waals surface area contributed by atoms with E-state index in [-0.39, 0.29) is 10.8 Å². The predicted molar refractivity (Wildman–Crippen MR) is 92.4 cm³/mol. The Labute approximate surface area is 144 Å². The van der Waals surface area contributed by atoms with Crippen molar-refractivity contribution >= 4 is 15.9 Å². The van der Waals surface area contributed by atoms with Crippen LogP contribution in [0.25, 0.3) is 0 Å². The summed E-state index contributed by atoms with van der Waals surface area (Å²) >= 11 is 0. The summed E-state index contributed by atoms with van der Waals surface area (Å²) in [6.45, 7) is 5.77. The number of sulfonamides is 1. The highest BCUT2D eigenvalue weighted by molar-refractivity contribution is 7.89. The lowest BCUT2D eigenvalue weighted by Gasteiger charge is -2.23. The minimum absolute atomic E-state index is 0.0986. The molecule has 0 bridgehead atoms. The van der Waals surface area contributed by atoms with Crippen LogP contribution in [0.3, 0.4) is 0 Å². The molecule has 1 heterocycles. The SMILES string of the molecule is COc1ccccc1S(=O)(=O)N1CCCN(C(=O)CC(C)C)CC1. The topological polar surface area (TPSA) is 66.9 Å². The van der Waals surface area contributed by atoms with Gasteiger partial charge < -0.3 is 9.64 Å². The Kier molecular flexibility index (Phi) is 6.23. The first-order valence-electron chi connectivity index (χ1n) is 8.27. The molecule has 1 aromatic rings. The molecular weight excluding hydrogens is 328 g/mol. The summed E-state index contributed by atoms with van der Waals surface area (Å²) in [6.07, 6.45) is 1.14. The van der Waals surface area contributed by atoms with Gasteiger partial charge >= 0.3 is 0 Å². The van der Waals surface area contributed by atoms with Crippen LogP contribution in [0, 0.1) is 5.92 Å². The van der Waals surface area contributed by atoms with Gasteiger partial charge in [-0.15, -0.1) is 0 Å². The quantitative estimate of drug-likeness (QED) is 0.811. The van der Waals surface area contributed by atoms with E-state index < -0.39 is 10.0 Å². The van der Waals surface area contributed by atoms with Crippen molar-refractivity contribution in [3.8, 4) is 5.75 Å². The van der Waals surface area contributed by atoms with Crippen LogP contribution in [0.2, 0.25) is 0 Å². The molecule has 1 saturated heterocycles. The Morgan fingerprint density at radius 2 is 1.88 bits per heavy atom. The largest absolute Gasteiger partial charge is 0.495 e. The molecule has 2 rings (SSSR count). The van der Waals surface area contributed by atoms with Gasteiger partial charge in [-0.25, -0.2) is 8.42 Å². The summed E-state index contributed by atoms with van der Waals surface area (Å²) < 4.78 is 32.5. The molecule has 1 fully saturated rings. The summed E-state index contributed by atoms with van der Waals surface area (Å²) in [5, 5.41) is 0. The molecule has 0 aliphatic carbocycles. The minimum atomic E-state index is -3.63. The Hall–Kier alpha value is -1.60. The highest BCUT2D eigenvalue weighted by atomic mass is 32.2. The lowest BCUT2D eigenvalue weighted by molar-refractivity contribution is -0.131. The normalized spacial score (nSPS) is 16.9. The van der Waals surface area contributed by atoms with Crippen LogP contribution < -0.4 is 4.74 Å². The van der Waals surface area contributed by atoms with E-state index in [2.05, 4.69) is 0 Å². The second kappa shape index (κ2) is 7.98. The molecular formula is C17H26N2O4S. The number of nitrogens with zero attached hydrogens (tertiary/aromatic N) is 2. The van der Waals surface area contributed by atoms with Crippen molar-refractivity contribution in [3.05, 3.63) is 24.3 Å². The van der Waals surface area contributed by atoms with E-state index in [0.29, 0.717) is 50.7 Å². The van der Waals surface area contributed by atoms with Crippen LogP contribution in [0.4, 0.5) is 0 Å². The molecule has 0 saturated carbocycles. The van der Waals surface area contributed by atoms with Crippen molar-refractivity contribution < 1.29 is 17.9 Å². The van der Waals surface area contributed by atoms with E-state index in [1.807, 2.05) is 13.8 Å². The van der Waals surface area contributed by atoms with Gasteiger partial charge in [0.1, 0.15) is 10.6 Å². The van der Waals surface area contributed by atoms with E-state index in [0.717, 1.165) is 0 Å². The number of carbonyl (C=O) groups excluding carboxylic acids is 1. The number of amides is 1. The van der Waals surface area contributed by atoms with Gasteiger partial charge in [-0.3, -0.25) is 4.79 Å². The third-order valence-corrected chi connectivity index (χ3v) is 6.02. The van der Waals surface area contributed by atoms with Crippen molar-refractivity contribution in [2.45, 2.75) is 31.6 Å². The molecule has 1 aliphatic rings. The Morgan fingerprint density at radius 3 is 2.54 bits per heavy atom. The molecule has 0 unspecified atom stereocenters. The average Bonchev–Trinajstić information content (AvgIpc) is 2.80. The number of ether oxygens (including phenoxy) is 1. The van der Waals surface area contributed by atoms with Crippen molar-refractivity contribution in [2.24, 2.45) is 5.92 Å². The molecule has 1 amide bonds. The molecule has 7 heteroatoms. The first-order valence-corrected chi connectivity index (χ1v) is 9.71. The van der Waals surface area contributed by atoms with Crippen LogP contribution in [0.1, 0.15) is 26.7 Å². The van der Waals surface area contributed by atoms with Crippen molar-refractivity contribution in [1.29, 1.82) is 0 Å². The third-order valence-electron chi connectivity index (χ3n) is 4.08. The van der Waals surface area contributed by atoms with Gasteiger partial charge in [-0.1, -0.05) is 26.0 Å². The van der Waals surface area contributed by atoms with E-state index in [9.17, 15) is 13.2 Å². The summed E-state index contributed by atoms with van der Waals surface area (Å²) in [6, 6.07) is 6.63. The second-order valence-corrected chi connectivity index (χ2v) is 8.29. The maximum Gasteiger partial charge on any atom is 0.246 e. The van der Waals surface area contributed by atoms with Gasteiger partial charge in [-0.05, 0) is 24.5 Å². The van der Waals surface area contributed by atoms with E-state index in [4.69, 9.17) is 4.74 Å². The van der Waals surface area contributed by atoms with Gasteiger partial charge in [-0.2, -0.15) is 4.31 Å². The zero-order chi connectivity index (χ0) is 17.7. The fourth-order valence-corrected chi connectivity index (χ4v) is 4.46. The molecule has 1 aliphatic heterocycles. The minimum Gasteiger partial charge on any atom is -0.495 e. The molecule has 24 heavy (non-hydrogen) atoms. The first kappa shape index (κ1) is 18.7. The lowest BCUT2D eigenvalue weighted by Crippen LogP contribution is -2.37. The Bertz CT molecular complexity index is 673. The zero-order valence-corrected chi connectivity index (χ0v) is 15.4. The Morgan fingerprint density at radius 1 is 1.17 bits per heavy atom. The molecule has 1 aromatic carbocycles. The number of para-hydroxylation sites is 1. The fraction of sp³-hybridized carbons (Fsp3) is 0.588. The van der Waals surface area contributed by atoms with E-state index >= 15 is 0 Å². The van der Waals surface area contributed by atoms with E-state index in [1.165, 1.54) is 11.4 Å².